The number of aromatic nitrogens is 2. The van der Waals surface area contributed by atoms with Gasteiger partial charge in [-0.3, -0.25) is 9.59 Å². The van der Waals surface area contributed by atoms with Crippen LogP contribution < -0.4 is 0 Å². The predicted octanol–water partition coefficient (Wildman–Crippen LogP) is 1.97. The van der Waals surface area contributed by atoms with Gasteiger partial charge in [-0.1, -0.05) is 5.16 Å². The van der Waals surface area contributed by atoms with E-state index in [1.54, 1.807) is 11.8 Å². The maximum atomic E-state index is 13.2. The lowest BCUT2D eigenvalue weighted by Gasteiger charge is -2.24. The van der Waals surface area contributed by atoms with E-state index >= 15 is 0 Å². The largest absolute Gasteiger partial charge is 0.481 e. The second-order valence-corrected chi connectivity index (χ2v) is 7.31. The molecule has 1 N–H and O–H groups in total. The first-order valence-corrected chi connectivity index (χ1v) is 8.74. The van der Waals surface area contributed by atoms with Gasteiger partial charge in [-0.25, -0.2) is 4.98 Å². The van der Waals surface area contributed by atoms with Gasteiger partial charge in [0, 0.05) is 31.8 Å². The van der Waals surface area contributed by atoms with Gasteiger partial charge in [-0.05, 0) is 32.3 Å². The molecule has 1 saturated heterocycles. The summed E-state index contributed by atoms with van der Waals surface area (Å²) in [7, 11) is 1.48. The van der Waals surface area contributed by atoms with Crippen LogP contribution in [0.3, 0.4) is 0 Å². The number of fused-ring (bicyclic) bond motifs is 1. The van der Waals surface area contributed by atoms with Gasteiger partial charge in [0.2, 0.25) is 0 Å². The molecule has 26 heavy (non-hydrogen) atoms. The van der Waals surface area contributed by atoms with Crippen LogP contribution in [-0.4, -0.2) is 58.8 Å². The monoisotopic (exact) mass is 359 g/mol. The van der Waals surface area contributed by atoms with Crippen molar-refractivity contribution in [2.24, 2.45) is 5.41 Å². The lowest BCUT2D eigenvalue weighted by Crippen LogP contribution is -2.40. The molecular weight excluding hydrogens is 338 g/mol. The number of methoxy groups -OCH3 is 1. The minimum Gasteiger partial charge on any atom is -0.481 e. The summed E-state index contributed by atoms with van der Waals surface area (Å²) in [6, 6.07) is 1.82. The van der Waals surface area contributed by atoms with E-state index in [0.717, 1.165) is 18.5 Å². The van der Waals surface area contributed by atoms with Crippen molar-refractivity contribution in [1.29, 1.82) is 0 Å². The first kappa shape index (κ1) is 17.0. The second-order valence-electron chi connectivity index (χ2n) is 7.31. The van der Waals surface area contributed by atoms with Crippen molar-refractivity contribution in [3.8, 4) is 0 Å². The third-order valence-corrected chi connectivity index (χ3v) is 5.38. The van der Waals surface area contributed by atoms with E-state index in [2.05, 4.69) is 10.1 Å². The van der Waals surface area contributed by atoms with Crippen molar-refractivity contribution in [3.63, 3.8) is 0 Å². The molecule has 8 heteroatoms. The van der Waals surface area contributed by atoms with Crippen molar-refractivity contribution in [2.75, 3.05) is 26.8 Å². The number of ether oxygens (including phenoxy) is 1. The highest BCUT2D eigenvalue weighted by molar-refractivity contribution is 6.06. The van der Waals surface area contributed by atoms with Crippen LogP contribution >= 0.6 is 0 Å². The number of hydrogen-bond donors (Lipinski definition) is 1. The van der Waals surface area contributed by atoms with Gasteiger partial charge in [0.15, 0.2) is 0 Å². The fraction of sp³-hybridized carbons (Fsp3) is 0.556. The normalized spacial score (nSPS) is 22.9. The zero-order valence-corrected chi connectivity index (χ0v) is 14.8. The third-order valence-electron chi connectivity index (χ3n) is 5.38. The molecule has 2 aromatic rings. The van der Waals surface area contributed by atoms with E-state index in [1.807, 2.05) is 6.07 Å². The molecule has 1 saturated carbocycles. The van der Waals surface area contributed by atoms with Crippen LogP contribution in [0.15, 0.2) is 10.6 Å². The molecule has 1 amide bonds. The molecule has 0 aromatic carbocycles. The van der Waals surface area contributed by atoms with Gasteiger partial charge in [-0.2, -0.15) is 0 Å². The second kappa shape index (κ2) is 6.05. The Kier molecular flexibility index (Phi) is 3.95. The number of carbonyl (C=O) groups excluding carboxylic acids is 1. The van der Waals surface area contributed by atoms with E-state index in [9.17, 15) is 14.7 Å². The van der Waals surface area contributed by atoms with Crippen molar-refractivity contribution in [1.82, 2.24) is 15.0 Å². The number of hydrogen-bond acceptors (Lipinski definition) is 6. The minimum absolute atomic E-state index is 0.0808. The zero-order valence-electron chi connectivity index (χ0n) is 14.8. The van der Waals surface area contributed by atoms with E-state index in [-0.39, 0.29) is 19.1 Å². The Balaban J connectivity index is 1.70. The predicted molar refractivity (Wildman–Crippen MR) is 91.0 cm³/mol. The maximum absolute atomic E-state index is 13.2. The van der Waals surface area contributed by atoms with Crippen molar-refractivity contribution >= 4 is 23.0 Å². The molecule has 1 unspecified atom stereocenters. The summed E-state index contributed by atoms with van der Waals surface area (Å²) in [6.45, 7) is 2.36. The Morgan fingerprint density at radius 1 is 1.46 bits per heavy atom. The van der Waals surface area contributed by atoms with Crippen molar-refractivity contribution in [2.45, 2.75) is 32.1 Å². The number of aryl methyl sites for hydroxylation is 1. The van der Waals surface area contributed by atoms with E-state index < -0.39 is 11.4 Å². The third kappa shape index (κ3) is 2.65. The highest BCUT2D eigenvalue weighted by atomic mass is 16.5. The Bertz CT molecular complexity index is 888. The molecule has 8 nitrogen and oxygen atoms in total. The average molecular weight is 359 g/mol. The summed E-state index contributed by atoms with van der Waals surface area (Å²) in [6.07, 6.45) is 2.48. The van der Waals surface area contributed by atoms with Crippen LogP contribution in [0.25, 0.3) is 11.1 Å². The van der Waals surface area contributed by atoms with Gasteiger partial charge in [0.05, 0.1) is 23.3 Å². The van der Waals surface area contributed by atoms with Crippen LogP contribution in [0.2, 0.25) is 0 Å². The van der Waals surface area contributed by atoms with Gasteiger partial charge in [0.25, 0.3) is 11.6 Å². The first-order chi connectivity index (χ1) is 12.4. The van der Waals surface area contributed by atoms with Crippen molar-refractivity contribution in [3.05, 3.63) is 23.0 Å². The summed E-state index contributed by atoms with van der Waals surface area (Å²) in [5, 5.41) is 14.2. The molecule has 0 radical (unpaired) electrons. The molecule has 1 atom stereocenters. The molecule has 0 bridgehead atoms. The summed E-state index contributed by atoms with van der Waals surface area (Å²) in [4.78, 5) is 31.0. The Morgan fingerprint density at radius 3 is 2.88 bits per heavy atom. The summed E-state index contributed by atoms with van der Waals surface area (Å²) in [5.41, 5.74) is 1.26. The van der Waals surface area contributed by atoms with Crippen LogP contribution in [0.4, 0.5) is 0 Å². The number of likely N-dealkylation sites (tertiary alicyclic amines) is 1. The fourth-order valence-corrected chi connectivity index (χ4v) is 3.72. The molecule has 1 aliphatic carbocycles. The number of rotatable bonds is 5. The number of carboxylic acid groups (broad SMARTS) is 1. The van der Waals surface area contributed by atoms with Crippen LogP contribution in [-0.2, 0) is 9.53 Å². The zero-order chi connectivity index (χ0) is 18.5. The minimum atomic E-state index is -1.06. The number of nitrogens with zero attached hydrogens (tertiary/aromatic N) is 3. The van der Waals surface area contributed by atoms with Crippen LogP contribution in [0.5, 0.6) is 0 Å². The summed E-state index contributed by atoms with van der Waals surface area (Å²) < 4.78 is 10.4. The maximum Gasteiger partial charge on any atom is 0.313 e. The Morgan fingerprint density at radius 2 is 2.23 bits per heavy atom. The topological polar surface area (TPSA) is 106 Å². The fourth-order valence-electron chi connectivity index (χ4n) is 3.72. The summed E-state index contributed by atoms with van der Waals surface area (Å²) >= 11 is 0. The van der Waals surface area contributed by atoms with E-state index in [0.29, 0.717) is 41.2 Å². The standard InChI is InChI=1S/C18H21N3O5/c1-10-14-12(7-13(11-3-4-11)19-15(14)26-20-10)16(22)21-6-5-18(8-21,9-25-2)17(23)24/h7,11H,3-6,8-9H2,1-2H3,(H,23,24). The van der Waals surface area contributed by atoms with Gasteiger partial charge in [0.1, 0.15) is 5.41 Å². The van der Waals surface area contributed by atoms with Crippen LogP contribution in [0.1, 0.15) is 46.9 Å². The molecule has 1 aliphatic heterocycles. The number of aliphatic carboxylic acids is 1. The number of amides is 1. The number of pyridine rings is 1. The number of carbonyl (C=O) groups is 2. The SMILES string of the molecule is COCC1(C(=O)O)CCN(C(=O)c2cc(C3CC3)nc3onc(C)c23)C1. The number of carboxylic acids is 1. The lowest BCUT2D eigenvalue weighted by molar-refractivity contribution is -0.151. The van der Waals surface area contributed by atoms with E-state index in [4.69, 9.17) is 9.26 Å². The molecule has 0 spiro atoms. The van der Waals surface area contributed by atoms with Crippen LogP contribution in [0, 0.1) is 12.3 Å². The van der Waals surface area contributed by atoms with E-state index in [1.165, 1.54) is 7.11 Å². The molecule has 2 aromatic heterocycles. The summed E-state index contributed by atoms with van der Waals surface area (Å²) in [5.74, 6) is -0.777. The quantitative estimate of drug-likeness (QED) is 0.870. The van der Waals surface area contributed by atoms with Gasteiger partial charge in [-0.15, -0.1) is 0 Å². The molecule has 138 valence electrons. The van der Waals surface area contributed by atoms with Crippen molar-refractivity contribution < 1.29 is 24.0 Å². The highest BCUT2D eigenvalue weighted by Crippen LogP contribution is 2.41. The lowest BCUT2D eigenvalue weighted by atomic mass is 9.88. The highest BCUT2D eigenvalue weighted by Gasteiger charge is 2.47. The Labute approximate surface area is 150 Å². The molecule has 3 heterocycles. The Hall–Kier alpha value is -2.48. The molecular formula is C18H21N3O5. The molecule has 2 fully saturated rings. The smallest absolute Gasteiger partial charge is 0.313 e. The van der Waals surface area contributed by atoms with Gasteiger partial charge >= 0.3 is 5.97 Å². The van der Waals surface area contributed by atoms with Gasteiger partial charge < -0.3 is 19.3 Å². The molecule has 4 rings (SSSR count). The average Bonchev–Trinajstić information content (AvgIpc) is 3.28. The first-order valence-electron chi connectivity index (χ1n) is 8.74. The molecule has 2 aliphatic rings.